The van der Waals surface area contributed by atoms with Gasteiger partial charge < -0.3 is 14.4 Å². The molecular formula is C20H46N2O2. The molecule has 0 saturated carbocycles. The molecule has 4 heteroatoms. The molecule has 1 saturated heterocycles. The Labute approximate surface area is 152 Å². The zero-order chi connectivity index (χ0) is 18.5. The molecule has 0 aliphatic carbocycles. The van der Waals surface area contributed by atoms with Gasteiger partial charge in [0.25, 0.3) is 0 Å². The molecule has 0 bridgehead atoms. The van der Waals surface area contributed by atoms with E-state index >= 15 is 0 Å². The molecule has 0 aromatic heterocycles. The average molecular weight is 347 g/mol. The van der Waals surface area contributed by atoms with Crippen molar-refractivity contribution >= 4 is 0 Å². The highest BCUT2D eigenvalue weighted by atomic mass is 16.5. The van der Waals surface area contributed by atoms with Crippen molar-refractivity contribution in [3.8, 4) is 0 Å². The SMILES string of the molecule is CC.CC.CCCCOCCN1CCN(CCCCCOC)CC1. The van der Waals surface area contributed by atoms with Crippen LogP contribution in [-0.2, 0) is 9.47 Å². The van der Waals surface area contributed by atoms with Gasteiger partial charge in [-0.2, -0.15) is 0 Å². The second-order valence-corrected chi connectivity index (χ2v) is 5.70. The van der Waals surface area contributed by atoms with E-state index in [0.717, 1.165) is 26.4 Å². The molecule has 0 N–H and O–H groups in total. The Bertz CT molecular complexity index is 186. The van der Waals surface area contributed by atoms with Crippen molar-refractivity contribution in [2.24, 2.45) is 0 Å². The minimum absolute atomic E-state index is 0.900. The van der Waals surface area contributed by atoms with Gasteiger partial charge in [-0.15, -0.1) is 0 Å². The van der Waals surface area contributed by atoms with Gasteiger partial charge in [-0.1, -0.05) is 41.0 Å². The normalized spacial score (nSPS) is 15.2. The van der Waals surface area contributed by atoms with Crippen LogP contribution in [0.15, 0.2) is 0 Å². The van der Waals surface area contributed by atoms with Crippen molar-refractivity contribution in [3.63, 3.8) is 0 Å². The minimum atomic E-state index is 0.900. The van der Waals surface area contributed by atoms with E-state index in [2.05, 4.69) is 16.7 Å². The lowest BCUT2D eigenvalue weighted by molar-refractivity contribution is 0.0738. The van der Waals surface area contributed by atoms with Crippen LogP contribution in [0.1, 0.15) is 66.7 Å². The molecule has 0 spiro atoms. The molecule has 1 heterocycles. The first-order valence-electron chi connectivity index (χ1n) is 10.4. The number of unbranched alkanes of at least 4 members (excludes halogenated alkanes) is 3. The third-order valence-electron chi connectivity index (χ3n) is 3.98. The van der Waals surface area contributed by atoms with Crippen LogP contribution in [0, 0.1) is 0 Å². The predicted octanol–water partition coefficient (Wildman–Crippen LogP) is 4.29. The fourth-order valence-electron chi connectivity index (χ4n) is 2.54. The van der Waals surface area contributed by atoms with E-state index in [4.69, 9.17) is 9.47 Å². The third kappa shape index (κ3) is 16.7. The predicted molar refractivity (Wildman–Crippen MR) is 107 cm³/mol. The molecule has 24 heavy (non-hydrogen) atoms. The van der Waals surface area contributed by atoms with Gasteiger partial charge in [0.2, 0.25) is 0 Å². The second-order valence-electron chi connectivity index (χ2n) is 5.70. The lowest BCUT2D eigenvalue weighted by atomic mass is 10.2. The maximum atomic E-state index is 5.64. The summed E-state index contributed by atoms with van der Waals surface area (Å²) >= 11 is 0. The smallest absolute Gasteiger partial charge is 0.0593 e. The number of ether oxygens (including phenoxy) is 2. The van der Waals surface area contributed by atoms with E-state index in [1.165, 1.54) is 64.8 Å². The summed E-state index contributed by atoms with van der Waals surface area (Å²) < 4.78 is 10.7. The molecule has 0 aromatic carbocycles. The van der Waals surface area contributed by atoms with Gasteiger partial charge >= 0.3 is 0 Å². The first-order valence-corrected chi connectivity index (χ1v) is 10.4. The topological polar surface area (TPSA) is 24.9 Å². The third-order valence-corrected chi connectivity index (χ3v) is 3.98. The molecule has 0 amide bonds. The van der Waals surface area contributed by atoms with Crippen molar-refractivity contribution in [1.82, 2.24) is 9.80 Å². The molecule has 1 aliphatic rings. The zero-order valence-corrected chi connectivity index (χ0v) is 17.6. The van der Waals surface area contributed by atoms with Crippen LogP contribution < -0.4 is 0 Å². The first-order chi connectivity index (χ1) is 11.9. The van der Waals surface area contributed by atoms with Gasteiger partial charge in [0, 0.05) is 53.0 Å². The summed E-state index contributed by atoms with van der Waals surface area (Å²) in [5.74, 6) is 0. The molecule has 0 aromatic rings. The van der Waals surface area contributed by atoms with Crippen molar-refractivity contribution in [1.29, 1.82) is 0 Å². The molecule has 148 valence electrons. The van der Waals surface area contributed by atoms with Crippen LogP contribution in [0.5, 0.6) is 0 Å². The molecule has 1 rings (SSSR count). The Morgan fingerprint density at radius 1 is 0.667 bits per heavy atom. The lowest BCUT2D eigenvalue weighted by Crippen LogP contribution is -2.47. The molecule has 0 atom stereocenters. The maximum absolute atomic E-state index is 5.64. The standard InChI is InChI=1S/C16H34N2O2.2C2H6/c1-3-4-15-20-16-13-18-11-9-17(10-12-18)8-6-5-7-14-19-2;2*1-2/h3-16H2,1-2H3;2*1-2H3. The van der Waals surface area contributed by atoms with Crippen molar-refractivity contribution < 1.29 is 9.47 Å². The van der Waals surface area contributed by atoms with Crippen LogP contribution in [0.4, 0.5) is 0 Å². The Morgan fingerprint density at radius 3 is 1.79 bits per heavy atom. The Morgan fingerprint density at radius 2 is 1.25 bits per heavy atom. The largest absolute Gasteiger partial charge is 0.385 e. The molecule has 1 fully saturated rings. The highest BCUT2D eigenvalue weighted by molar-refractivity contribution is 4.71. The van der Waals surface area contributed by atoms with Crippen molar-refractivity contribution in [2.75, 3.05) is 66.2 Å². The fraction of sp³-hybridized carbons (Fsp3) is 1.00. The average Bonchev–Trinajstić information content (AvgIpc) is 2.66. The number of methoxy groups -OCH3 is 1. The van der Waals surface area contributed by atoms with E-state index in [0.29, 0.717) is 0 Å². The summed E-state index contributed by atoms with van der Waals surface area (Å²) in [7, 11) is 1.78. The highest BCUT2D eigenvalue weighted by Gasteiger charge is 2.15. The van der Waals surface area contributed by atoms with Gasteiger partial charge in [0.05, 0.1) is 6.61 Å². The summed E-state index contributed by atoms with van der Waals surface area (Å²) in [6.07, 6.45) is 6.22. The molecule has 1 aliphatic heterocycles. The van der Waals surface area contributed by atoms with Crippen molar-refractivity contribution in [2.45, 2.75) is 66.7 Å². The van der Waals surface area contributed by atoms with E-state index < -0.39 is 0 Å². The number of piperazine rings is 1. The van der Waals surface area contributed by atoms with Gasteiger partial charge in [-0.3, -0.25) is 4.90 Å². The highest BCUT2D eigenvalue weighted by Crippen LogP contribution is 2.05. The van der Waals surface area contributed by atoms with Crippen LogP contribution in [0.25, 0.3) is 0 Å². The summed E-state index contributed by atoms with van der Waals surface area (Å²) in [6, 6.07) is 0. The molecular weight excluding hydrogens is 300 g/mol. The van der Waals surface area contributed by atoms with Gasteiger partial charge in [-0.25, -0.2) is 0 Å². The molecule has 0 unspecified atom stereocenters. The molecule has 0 radical (unpaired) electrons. The number of rotatable bonds is 12. The summed E-state index contributed by atoms with van der Waals surface area (Å²) in [5, 5.41) is 0. The monoisotopic (exact) mass is 346 g/mol. The Kier molecular flexibility index (Phi) is 24.8. The minimum Gasteiger partial charge on any atom is -0.385 e. The maximum Gasteiger partial charge on any atom is 0.0593 e. The zero-order valence-electron chi connectivity index (χ0n) is 17.6. The second kappa shape index (κ2) is 22.8. The number of nitrogens with zero attached hydrogens (tertiary/aromatic N) is 2. The van der Waals surface area contributed by atoms with E-state index in [-0.39, 0.29) is 0 Å². The Balaban J connectivity index is 0. The van der Waals surface area contributed by atoms with Crippen LogP contribution in [-0.4, -0.2) is 76.0 Å². The van der Waals surface area contributed by atoms with E-state index in [9.17, 15) is 0 Å². The van der Waals surface area contributed by atoms with Crippen LogP contribution in [0.3, 0.4) is 0 Å². The van der Waals surface area contributed by atoms with Gasteiger partial charge in [0.15, 0.2) is 0 Å². The summed E-state index contributed by atoms with van der Waals surface area (Å²) in [6.45, 7) is 20.2. The fourth-order valence-corrected chi connectivity index (χ4v) is 2.54. The van der Waals surface area contributed by atoms with Gasteiger partial charge in [0.1, 0.15) is 0 Å². The summed E-state index contributed by atoms with van der Waals surface area (Å²) in [5.41, 5.74) is 0. The van der Waals surface area contributed by atoms with E-state index in [1.54, 1.807) is 7.11 Å². The first kappa shape index (κ1) is 26.1. The van der Waals surface area contributed by atoms with Crippen molar-refractivity contribution in [3.05, 3.63) is 0 Å². The van der Waals surface area contributed by atoms with Crippen LogP contribution in [0.2, 0.25) is 0 Å². The van der Waals surface area contributed by atoms with Gasteiger partial charge in [-0.05, 0) is 32.2 Å². The quantitative estimate of drug-likeness (QED) is 0.492. The Hall–Kier alpha value is -0.160. The molecule has 4 nitrogen and oxygen atoms in total. The lowest BCUT2D eigenvalue weighted by Gasteiger charge is -2.34. The number of hydrogen-bond acceptors (Lipinski definition) is 4. The van der Waals surface area contributed by atoms with Crippen LogP contribution >= 0.6 is 0 Å². The summed E-state index contributed by atoms with van der Waals surface area (Å²) in [4.78, 5) is 5.13. The number of hydrogen-bond donors (Lipinski definition) is 0. The van der Waals surface area contributed by atoms with E-state index in [1.807, 2.05) is 27.7 Å².